The standard InChI is InChI=1S/C33H47N7O5.2C26H34N6O3.C21H26N8O/c1-32(2,3)45-31(43)39-16-14-22(15-17-39)35-28(41)21-12-13-24(26(18-21)44-7)36-30-34-19-25-27(37-30)40(23-10-8-9-11-23)20-33(4,5)29(42)38(25)6;2*1-26(2)15-32(18-7-5-6-8-18)22-20(31(3)24(26)34)14-27-25(30-22)29-19-12-9-16(13-21(19)35-4)23(33)28-17-10-11-17;1-21(2)12-28(14-7-4-5-8-14)18-16(27(3)19(21)30)11-22-20(26-18)25-15-9-6-10-29-17(15)23-13-24-29/h12-13,18-19,22-23H,8-11,14-17,20H2,1-7H3,(H,35,41)(H,34,36,37);2*9,12-14,17-18H,5-8,10-11,15H2,1-4H3,(H,28,33)(H,27,29,30);6,9-11,13-14H,4-5,7-8,12H2,1-3H3,(H,22,25,26). The number of nitrogens with one attached hydrogen (secondary N) is 7. The lowest BCUT2D eigenvalue weighted by molar-refractivity contribution is -0.126. The molecule has 9 aromatic rings. The van der Waals surface area contributed by atoms with Crippen LogP contribution in [0.25, 0.3) is 5.65 Å². The van der Waals surface area contributed by atoms with E-state index in [-0.39, 0.29) is 65.6 Å². The average molecular weight is 1990 g/mol. The lowest BCUT2D eigenvalue weighted by Crippen LogP contribution is -2.47. The van der Waals surface area contributed by atoms with Crippen molar-refractivity contribution in [2.45, 2.75) is 265 Å². The van der Waals surface area contributed by atoms with E-state index in [1.165, 1.54) is 57.7 Å². The predicted molar refractivity (Wildman–Crippen MR) is 560 cm³/mol. The molecule has 20 rings (SSSR count). The Bertz CT molecular complexity index is 6120. The first-order valence-electron chi connectivity index (χ1n) is 51.2. The lowest BCUT2D eigenvalue weighted by atomic mass is 9.91. The zero-order valence-electron chi connectivity index (χ0n) is 87.0. The summed E-state index contributed by atoms with van der Waals surface area (Å²) in [6.45, 7) is 25.0. The first-order valence-corrected chi connectivity index (χ1v) is 51.2. The largest absolute Gasteiger partial charge is 0.495 e. The van der Waals surface area contributed by atoms with Crippen molar-refractivity contribution < 1.29 is 57.3 Å². The monoisotopic (exact) mass is 1980 g/mol. The Morgan fingerprint density at radius 1 is 0.372 bits per heavy atom. The minimum atomic E-state index is -0.569. The molecule has 39 heteroatoms. The molecule has 1 saturated heterocycles. The molecule has 3 aromatic carbocycles. The Kier molecular flexibility index (Phi) is 29.9. The van der Waals surface area contributed by atoms with Crippen LogP contribution in [0, 0.1) is 21.7 Å². The molecular formula is C106H141N27O12. The average Bonchev–Trinajstić information content (AvgIpc) is 1.63. The molecule has 0 unspecified atom stereocenters. The van der Waals surface area contributed by atoms with Gasteiger partial charge in [-0.2, -0.15) is 25.0 Å². The van der Waals surface area contributed by atoms with E-state index in [1.807, 2.05) is 114 Å². The summed E-state index contributed by atoms with van der Waals surface area (Å²) in [6.07, 6.45) is 33.6. The number of carbonyl (C=O) groups excluding carboxylic acids is 8. The third kappa shape index (κ3) is 23.0. The normalized spacial score (nSPS) is 19.5. The highest BCUT2D eigenvalue weighted by atomic mass is 16.6. The van der Waals surface area contributed by atoms with E-state index in [1.54, 1.807) is 139 Å². The molecular weight excluding hydrogens is 1840 g/mol. The number of rotatable bonds is 21. The number of nitrogens with zero attached hydrogens (tertiary/aromatic N) is 20. The second kappa shape index (κ2) is 42.3. The maximum absolute atomic E-state index is 13.3. The number of ether oxygens (including phenoxy) is 4. The van der Waals surface area contributed by atoms with Crippen molar-refractivity contribution in [3.05, 3.63) is 121 Å². The first-order chi connectivity index (χ1) is 69.2. The fourth-order valence-electron chi connectivity index (χ4n) is 21.1. The highest BCUT2D eigenvalue weighted by Crippen LogP contribution is 2.48. The fraction of sp³-hybridized carbons (Fsp3) is 0.547. The molecule has 11 aliphatic rings. The number of fused-ring (bicyclic) bond motifs is 5. The second-order valence-corrected chi connectivity index (χ2v) is 43.8. The molecule has 6 saturated carbocycles. The fourth-order valence-corrected chi connectivity index (χ4v) is 21.1. The maximum atomic E-state index is 13.3. The van der Waals surface area contributed by atoms with Gasteiger partial charge in [-0.25, -0.2) is 34.2 Å². The number of hydrogen-bond acceptors (Lipinski definition) is 30. The summed E-state index contributed by atoms with van der Waals surface area (Å²) in [5, 5.41) is 26.3. The number of carbonyl (C=O) groups is 8. The highest BCUT2D eigenvalue weighted by molar-refractivity contribution is 6.05. The number of hydrogen-bond donors (Lipinski definition) is 7. The minimum Gasteiger partial charge on any atom is -0.495 e. The van der Waals surface area contributed by atoms with E-state index in [9.17, 15) is 38.4 Å². The highest BCUT2D eigenvalue weighted by Gasteiger charge is 2.48. The van der Waals surface area contributed by atoms with Crippen LogP contribution >= 0.6 is 0 Å². The van der Waals surface area contributed by atoms with Gasteiger partial charge >= 0.3 is 6.09 Å². The van der Waals surface area contributed by atoms with Gasteiger partial charge < -0.3 is 100 Å². The molecule has 8 amide bonds. The van der Waals surface area contributed by atoms with Gasteiger partial charge in [-0.05, 0) is 233 Å². The van der Waals surface area contributed by atoms with Crippen molar-refractivity contribution in [3.8, 4) is 17.2 Å². The molecule has 7 N–H and O–H groups in total. The molecule has 772 valence electrons. The number of piperidine rings is 1. The number of anilines is 16. The van der Waals surface area contributed by atoms with E-state index in [0.717, 1.165) is 123 Å². The third-order valence-electron chi connectivity index (χ3n) is 29.4. The number of methoxy groups -OCH3 is 3. The Balaban J connectivity index is 0.000000134. The number of aromatic nitrogens is 11. The van der Waals surface area contributed by atoms with E-state index in [4.69, 9.17) is 38.9 Å². The Morgan fingerprint density at radius 2 is 0.655 bits per heavy atom. The van der Waals surface area contributed by atoms with Crippen molar-refractivity contribution in [2.24, 2.45) is 21.7 Å². The molecule has 11 heterocycles. The van der Waals surface area contributed by atoms with Crippen molar-refractivity contribution in [2.75, 3.05) is 149 Å². The van der Waals surface area contributed by atoms with Crippen molar-refractivity contribution in [1.82, 2.24) is 75.3 Å². The summed E-state index contributed by atoms with van der Waals surface area (Å²) >= 11 is 0. The van der Waals surface area contributed by atoms with Crippen LogP contribution in [0.1, 0.15) is 248 Å². The van der Waals surface area contributed by atoms with E-state index < -0.39 is 27.3 Å². The van der Waals surface area contributed by atoms with Gasteiger partial charge in [0.15, 0.2) is 28.9 Å². The second-order valence-electron chi connectivity index (χ2n) is 43.8. The molecule has 5 aliphatic heterocycles. The maximum Gasteiger partial charge on any atom is 0.410 e. The van der Waals surface area contributed by atoms with Crippen molar-refractivity contribution >= 4 is 146 Å². The Morgan fingerprint density at radius 3 is 0.931 bits per heavy atom. The van der Waals surface area contributed by atoms with Crippen LogP contribution in [0.4, 0.5) is 97.4 Å². The van der Waals surface area contributed by atoms with Crippen molar-refractivity contribution in [1.29, 1.82) is 0 Å². The first kappa shape index (κ1) is 102. The van der Waals surface area contributed by atoms with Crippen molar-refractivity contribution in [3.63, 3.8) is 0 Å². The minimum absolute atomic E-state index is 0.0395. The summed E-state index contributed by atoms with van der Waals surface area (Å²) in [7, 11) is 11.9. The van der Waals surface area contributed by atoms with E-state index in [0.29, 0.717) is 162 Å². The number of likely N-dealkylation sites (tertiary alicyclic amines) is 1. The molecule has 7 fully saturated rings. The number of benzene rings is 3. The SMILES string of the molecule is CN1C(=O)C(C)(C)CN(C2CCCC2)c2nc(Nc3cccn4ncnc34)ncc21.COc1cc(C(=O)NC2CC2)ccc1Nc1ncc2c(n1)N(C1CCCC1)CC(C)(C)C(=O)N2C.COc1cc(C(=O)NC2CC2)ccc1Nc1ncc2c(n1)N(C1CCCC1)CC(C)(C)C(=O)N2C.COc1cc(C(=O)NC2CCN(C(=O)OC(C)(C)C)CC2)ccc1Nc1ncc2c(n1)N(C1CCCC1)CC(C)(C)C(=O)N2C. The van der Waals surface area contributed by atoms with Gasteiger partial charge in [0.2, 0.25) is 47.4 Å². The van der Waals surface area contributed by atoms with Crippen LogP contribution in [0.2, 0.25) is 0 Å². The zero-order chi connectivity index (χ0) is 103. The Hall–Kier alpha value is -14.0. The summed E-state index contributed by atoms with van der Waals surface area (Å²) in [4.78, 5) is 163. The van der Waals surface area contributed by atoms with Crippen LogP contribution < -0.4 is 90.6 Å². The van der Waals surface area contributed by atoms with E-state index >= 15 is 0 Å². The molecule has 6 aromatic heterocycles. The quantitative estimate of drug-likeness (QED) is 0.0351. The lowest BCUT2D eigenvalue weighted by Gasteiger charge is -2.34. The zero-order valence-corrected chi connectivity index (χ0v) is 87.0. The summed E-state index contributed by atoms with van der Waals surface area (Å²) in [6, 6.07) is 21.6. The van der Waals surface area contributed by atoms with Crippen LogP contribution in [0.15, 0.2) is 104 Å². The van der Waals surface area contributed by atoms with E-state index in [2.05, 4.69) is 86.8 Å². The van der Waals surface area contributed by atoms with Gasteiger partial charge in [-0.3, -0.25) is 33.6 Å². The topological polar surface area (TPSA) is 420 Å². The van der Waals surface area contributed by atoms with Gasteiger partial charge in [-0.1, -0.05) is 51.4 Å². The molecule has 0 radical (unpaired) electrons. The number of pyridine rings is 1. The molecule has 145 heavy (non-hydrogen) atoms. The van der Waals surface area contributed by atoms with Gasteiger partial charge in [-0.15, -0.1) is 0 Å². The van der Waals surface area contributed by atoms with Gasteiger partial charge in [0.25, 0.3) is 17.7 Å². The Labute approximate surface area is 848 Å². The van der Waals surface area contributed by atoms with Crippen LogP contribution in [0.5, 0.6) is 17.2 Å². The van der Waals surface area contributed by atoms with Crippen LogP contribution in [-0.4, -0.2) is 243 Å². The van der Waals surface area contributed by atoms with Gasteiger partial charge in [0.05, 0.1) is 90.5 Å². The molecule has 0 bridgehead atoms. The number of amides is 8. The summed E-state index contributed by atoms with van der Waals surface area (Å²) in [5.74, 6) is 6.19. The third-order valence-corrected chi connectivity index (χ3v) is 29.4. The smallest absolute Gasteiger partial charge is 0.410 e. The van der Waals surface area contributed by atoms with Gasteiger partial charge in [0, 0.05) is 133 Å². The molecule has 6 aliphatic carbocycles. The molecule has 0 atom stereocenters. The predicted octanol–water partition coefficient (Wildman–Crippen LogP) is 15.9. The van der Waals surface area contributed by atoms with Crippen LogP contribution in [-0.2, 0) is 23.9 Å². The van der Waals surface area contributed by atoms with Gasteiger partial charge in [0.1, 0.15) is 51.9 Å². The molecule has 39 nitrogen and oxygen atoms in total. The molecule has 0 spiro atoms. The summed E-state index contributed by atoms with van der Waals surface area (Å²) < 4.78 is 23.9. The summed E-state index contributed by atoms with van der Waals surface area (Å²) in [5.41, 5.74) is 5.20. The van der Waals surface area contributed by atoms with Crippen LogP contribution in [0.3, 0.4) is 0 Å².